The highest BCUT2D eigenvalue weighted by Gasteiger charge is 2.18. The Morgan fingerprint density at radius 1 is 1.04 bits per heavy atom. The first-order valence-corrected chi connectivity index (χ1v) is 8.37. The molecule has 0 amide bonds. The van der Waals surface area contributed by atoms with E-state index in [0.717, 1.165) is 29.6 Å². The zero-order valence-corrected chi connectivity index (χ0v) is 14.6. The van der Waals surface area contributed by atoms with Crippen LogP contribution in [0, 0.1) is 20.2 Å². The van der Waals surface area contributed by atoms with Crippen LogP contribution < -0.4 is 4.90 Å². The standard InChI is InChI=1S/C20H17N3O4/c1-2-21-17(12-10-15-6-3-4-9-19(15)21)8-5-7-16-11-13-18(22(24)25)14-20(16)23(26)27/h3-14H,2H2,1H3/b7-5+,17-8+. The molecule has 0 atom stereocenters. The van der Waals surface area contributed by atoms with E-state index in [1.807, 2.05) is 42.5 Å². The Labute approximate surface area is 155 Å². The molecule has 2 aromatic rings. The maximum absolute atomic E-state index is 11.2. The van der Waals surface area contributed by atoms with Gasteiger partial charge in [-0.15, -0.1) is 0 Å². The van der Waals surface area contributed by atoms with Gasteiger partial charge >= 0.3 is 0 Å². The van der Waals surface area contributed by atoms with Crippen molar-refractivity contribution in [2.45, 2.75) is 6.92 Å². The number of allylic oxidation sites excluding steroid dienone is 3. The third-order valence-corrected chi connectivity index (χ3v) is 4.25. The molecule has 0 aromatic heterocycles. The van der Waals surface area contributed by atoms with Crippen molar-refractivity contribution < 1.29 is 9.85 Å². The molecule has 2 aromatic carbocycles. The molecule has 1 aliphatic heterocycles. The minimum absolute atomic E-state index is 0.296. The lowest BCUT2D eigenvalue weighted by molar-refractivity contribution is -0.394. The van der Waals surface area contributed by atoms with Crippen molar-refractivity contribution in [3.8, 4) is 0 Å². The summed E-state index contributed by atoms with van der Waals surface area (Å²) < 4.78 is 0. The number of para-hydroxylation sites is 1. The van der Waals surface area contributed by atoms with E-state index in [-0.39, 0.29) is 11.4 Å². The van der Waals surface area contributed by atoms with E-state index in [2.05, 4.69) is 11.8 Å². The van der Waals surface area contributed by atoms with E-state index in [1.54, 1.807) is 12.2 Å². The van der Waals surface area contributed by atoms with Crippen LogP contribution in [0.25, 0.3) is 12.2 Å². The summed E-state index contributed by atoms with van der Waals surface area (Å²) in [4.78, 5) is 22.9. The SMILES string of the molecule is CCN1/C(=C/C=C/c2ccc([N+](=O)[O-])cc2[N+](=O)[O-])C=Cc2ccccc21. The van der Waals surface area contributed by atoms with Crippen LogP contribution in [0.15, 0.2) is 66.4 Å². The van der Waals surface area contributed by atoms with Crippen LogP contribution in [0.4, 0.5) is 17.1 Å². The van der Waals surface area contributed by atoms with Crippen molar-refractivity contribution in [1.29, 1.82) is 0 Å². The number of fused-ring (bicyclic) bond motifs is 1. The summed E-state index contributed by atoms with van der Waals surface area (Å²) in [5.74, 6) is 0. The fourth-order valence-corrected chi connectivity index (χ4v) is 2.97. The monoisotopic (exact) mass is 363 g/mol. The molecule has 0 fully saturated rings. The number of hydrogen-bond acceptors (Lipinski definition) is 5. The minimum atomic E-state index is -0.647. The van der Waals surface area contributed by atoms with Crippen molar-refractivity contribution in [2.24, 2.45) is 0 Å². The average molecular weight is 363 g/mol. The van der Waals surface area contributed by atoms with Crippen LogP contribution in [-0.4, -0.2) is 16.4 Å². The predicted octanol–water partition coefficient (Wildman–Crippen LogP) is 4.95. The maximum Gasteiger partial charge on any atom is 0.283 e. The number of benzene rings is 2. The molecule has 0 saturated heterocycles. The molecule has 0 radical (unpaired) electrons. The number of non-ortho nitro benzene ring substituents is 1. The predicted molar refractivity (Wildman–Crippen MR) is 105 cm³/mol. The summed E-state index contributed by atoms with van der Waals surface area (Å²) in [6.07, 6.45) is 9.17. The van der Waals surface area contributed by atoms with Crippen LogP contribution in [0.2, 0.25) is 0 Å². The molecule has 136 valence electrons. The summed E-state index contributed by atoms with van der Waals surface area (Å²) >= 11 is 0. The molecule has 0 aliphatic carbocycles. The molecular weight excluding hydrogens is 346 g/mol. The summed E-state index contributed by atoms with van der Waals surface area (Å²) in [7, 11) is 0. The van der Waals surface area contributed by atoms with Gasteiger partial charge < -0.3 is 4.90 Å². The first-order chi connectivity index (χ1) is 13.0. The molecular formula is C20H17N3O4. The molecule has 7 heteroatoms. The third kappa shape index (κ3) is 3.77. The van der Waals surface area contributed by atoms with Gasteiger partial charge in [-0.3, -0.25) is 20.2 Å². The Hall–Kier alpha value is -3.74. The van der Waals surface area contributed by atoms with E-state index < -0.39 is 9.85 Å². The normalized spacial score (nSPS) is 14.6. The Morgan fingerprint density at radius 2 is 1.81 bits per heavy atom. The summed E-state index contributed by atoms with van der Waals surface area (Å²) in [6, 6.07) is 11.7. The fourth-order valence-electron chi connectivity index (χ4n) is 2.97. The zero-order valence-electron chi connectivity index (χ0n) is 14.6. The lowest BCUT2D eigenvalue weighted by Gasteiger charge is -2.29. The highest BCUT2D eigenvalue weighted by atomic mass is 16.6. The van der Waals surface area contributed by atoms with E-state index in [0.29, 0.717) is 5.56 Å². The number of likely N-dealkylation sites (N-methyl/N-ethyl adjacent to an activating group) is 1. The van der Waals surface area contributed by atoms with E-state index in [9.17, 15) is 20.2 Å². The van der Waals surface area contributed by atoms with E-state index in [4.69, 9.17) is 0 Å². The lowest BCUT2D eigenvalue weighted by Crippen LogP contribution is -2.23. The Kier molecular flexibility index (Phi) is 5.12. The highest BCUT2D eigenvalue weighted by molar-refractivity contribution is 5.77. The van der Waals surface area contributed by atoms with E-state index >= 15 is 0 Å². The number of hydrogen-bond donors (Lipinski definition) is 0. The number of nitrogens with zero attached hydrogens (tertiary/aromatic N) is 3. The summed E-state index contributed by atoms with van der Waals surface area (Å²) in [5.41, 5.74) is 2.90. The van der Waals surface area contributed by atoms with Gasteiger partial charge in [0.2, 0.25) is 0 Å². The van der Waals surface area contributed by atoms with Crippen molar-refractivity contribution in [3.63, 3.8) is 0 Å². The molecule has 0 unspecified atom stereocenters. The van der Waals surface area contributed by atoms with Gasteiger partial charge in [-0.2, -0.15) is 0 Å². The number of nitro benzene ring substituents is 2. The quantitative estimate of drug-likeness (QED) is 0.553. The van der Waals surface area contributed by atoms with Crippen LogP contribution in [0.1, 0.15) is 18.1 Å². The summed E-state index contributed by atoms with van der Waals surface area (Å²) in [5, 5.41) is 22.0. The van der Waals surface area contributed by atoms with Gasteiger partial charge in [0.25, 0.3) is 11.4 Å². The van der Waals surface area contributed by atoms with Crippen molar-refractivity contribution >= 4 is 29.2 Å². The van der Waals surface area contributed by atoms with Crippen LogP contribution in [-0.2, 0) is 0 Å². The molecule has 7 nitrogen and oxygen atoms in total. The molecule has 27 heavy (non-hydrogen) atoms. The fraction of sp³-hybridized carbons (Fsp3) is 0.100. The maximum atomic E-state index is 11.2. The van der Waals surface area contributed by atoms with Gasteiger partial charge in [0.05, 0.1) is 21.5 Å². The smallest absolute Gasteiger partial charge is 0.283 e. The molecule has 0 N–H and O–H groups in total. The third-order valence-electron chi connectivity index (χ3n) is 4.25. The zero-order chi connectivity index (χ0) is 19.4. The van der Waals surface area contributed by atoms with Gasteiger partial charge in [0.15, 0.2) is 0 Å². The topological polar surface area (TPSA) is 89.5 Å². The van der Waals surface area contributed by atoms with Crippen LogP contribution >= 0.6 is 0 Å². The molecule has 0 bridgehead atoms. The van der Waals surface area contributed by atoms with Gasteiger partial charge in [0.1, 0.15) is 0 Å². The Bertz CT molecular complexity index is 992. The van der Waals surface area contributed by atoms with Gasteiger partial charge in [-0.05, 0) is 42.8 Å². The van der Waals surface area contributed by atoms with Crippen LogP contribution in [0.5, 0.6) is 0 Å². The summed E-state index contributed by atoms with van der Waals surface area (Å²) in [6.45, 7) is 2.83. The highest BCUT2D eigenvalue weighted by Crippen LogP contribution is 2.30. The lowest BCUT2D eigenvalue weighted by atomic mass is 10.1. The number of nitro groups is 2. The molecule has 0 spiro atoms. The molecule has 0 saturated carbocycles. The van der Waals surface area contributed by atoms with Gasteiger partial charge in [-0.1, -0.05) is 30.4 Å². The second-order valence-electron chi connectivity index (χ2n) is 5.84. The molecule has 3 rings (SSSR count). The number of rotatable bonds is 5. The Balaban J connectivity index is 1.91. The van der Waals surface area contributed by atoms with Crippen molar-refractivity contribution in [1.82, 2.24) is 0 Å². The van der Waals surface area contributed by atoms with Gasteiger partial charge in [-0.25, -0.2) is 0 Å². The Morgan fingerprint density at radius 3 is 2.52 bits per heavy atom. The number of anilines is 1. The molecule has 1 heterocycles. The van der Waals surface area contributed by atoms with E-state index in [1.165, 1.54) is 12.1 Å². The molecule has 1 aliphatic rings. The largest absolute Gasteiger partial charge is 0.341 e. The van der Waals surface area contributed by atoms with Crippen molar-refractivity contribution in [3.05, 3.63) is 97.7 Å². The minimum Gasteiger partial charge on any atom is -0.341 e. The van der Waals surface area contributed by atoms with Gasteiger partial charge in [0, 0.05) is 24.0 Å². The van der Waals surface area contributed by atoms with Crippen molar-refractivity contribution in [2.75, 3.05) is 11.4 Å². The first kappa shape index (κ1) is 18.1. The average Bonchev–Trinajstić information content (AvgIpc) is 2.67. The van der Waals surface area contributed by atoms with Crippen LogP contribution in [0.3, 0.4) is 0 Å². The second-order valence-corrected chi connectivity index (χ2v) is 5.84. The second kappa shape index (κ2) is 7.65. The first-order valence-electron chi connectivity index (χ1n) is 8.37.